The molecule has 14 heavy (non-hydrogen) atoms. The van der Waals surface area contributed by atoms with Gasteiger partial charge in [0.25, 0.3) is 0 Å². The maximum Gasteiger partial charge on any atom is 0.0333 e. The van der Waals surface area contributed by atoms with E-state index in [1.807, 2.05) is 0 Å². The van der Waals surface area contributed by atoms with Crippen molar-refractivity contribution in [1.29, 1.82) is 0 Å². The van der Waals surface area contributed by atoms with Crippen molar-refractivity contribution >= 4 is 0 Å². The largest absolute Gasteiger partial charge is 0.385 e. The van der Waals surface area contributed by atoms with Crippen molar-refractivity contribution in [3.05, 3.63) is 23.4 Å². The van der Waals surface area contributed by atoms with E-state index in [4.69, 9.17) is 0 Å². The first-order valence-electron chi connectivity index (χ1n) is 5.87. The number of nitrogens with one attached hydrogen (secondary N) is 1. The van der Waals surface area contributed by atoms with Gasteiger partial charge >= 0.3 is 0 Å². The second kappa shape index (κ2) is 4.20. The van der Waals surface area contributed by atoms with Crippen molar-refractivity contribution in [3.63, 3.8) is 0 Å². The van der Waals surface area contributed by atoms with Crippen LogP contribution in [0.3, 0.4) is 0 Å². The molecule has 2 rings (SSSR count). The molecule has 2 bridgehead atoms. The smallest absolute Gasteiger partial charge is 0.0333 e. The fraction of sp³-hybridized carbons (Fsp3) is 0.692. The first-order valence-corrected chi connectivity index (χ1v) is 5.87. The number of rotatable bonds is 0. The molecule has 2 atom stereocenters. The van der Waals surface area contributed by atoms with E-state index in [1.54, 1.807) is 5.57 Å². The second-order valence-electron chi connectivity index (χ2n) is 5.03. The van der Waals surface area contributed by atoms with E-state index in [1.165, 1.54) is 31.4 Å². The van der Waals surface area contributed by atoms with Crippen molar-refractivity contribution in [2.45, 2.75) is 39.5 Å². The standard InChI is InChI=1S/C13H21N/c1-10-3-4-11(2)8-13-9-12(7-10)5-6-14-13/h5,9-11,14H,3-4,6-8H2,1-2H3. The molecule has 1 heteroatoms. The van der Waals surface area contributed by atoms with Crippen LogP contribution in [0.15, 0.2) is 23.4 Å². The number of hydrogen-bond donors (Lipinski definition) is 1. The summed E-state index contributed by atoms with van der Waals surface area (Å²) in [6.07, 6.45) is 10.0. The van der Waals surface area contributed by atoms with Crippen molar-refractivity contribution in [2.24, 2.45) is 11.8 Å². The highest BCUT2D eigenvalue weighted by molar-refractivity contribution is 5.28. The summed E-state index contributed by atoms with van der Waals surface area (Å²) in [7, 11) is 0. The SMILES string of the molecule is CC1CCC(C)CC2=CC(=CCN2)C1. The van der Waals surface area contributed by atoms with E-state index in [0.717, 1.165) is 18.4 Å². The lowest BCUT2D eigenvalue weighted by Crippen LogP contribution is -2.18. The van der Waals surface area contributed by atoms with Gasteiger partial charge in [-0.1, -0.05) is 32.8 Å². The molecule has 0 aromatic rings. The van der Waals surface area contributed by atoms with E-state index < -0.39 is 0 Å². The van der Waals surface area contributed by atoms with E-state index in [2.05, 4.69) is 31.3 Å². The molecule has 1 nitrogen and oxygen atoms in total. The Labute approximate surface area is 87.3 Å². The molecule has 1 N–H and O–H groups in total. The Bertz CT molecular complexity index is 262. The summed E-state index contributed by atoms with van der Waals surface area (Å²) in [4.78, 5) is 0. The Balaban J connectivity index is 2.14. The Morgan fingerprint density at radius 1 is 1.14 bits per heavy atom. The molecule has 0 saturated heterocycles. The van der Waals surface area contributed by atoms with Crippen LogP contribution in [-0.2, 0) is 0 Å². The van der Waals surface area contributed by atoms with Crippen LogP contribution in [-0.4, -0.2) is 6.54 Å². The number of fused-ring (bicyclic) bond motifs is 1. The highest BCUT2D eigenvalue weighted by atomic mass is 14.9. The third kappa shape index (κ3) is 2.40. The summed E-state index contributed by atoms with van der Waals surface area (Å²) in [6.45, 7) is 5.80. The van der Waals surface area contributed by atoms with Crippen LogP contribution >= 0.6 is 0 Å². The van der Waals surface area contributed by atoms with Gasteiger partial charge in [-0.3, -0.25) is 0 Å². The van der Waals surface area contributed by atoms with Crippen LogP contribution in [0.25, 0.3) is 0 Å². The van der Waals surface area contributed by atoms with E-state index >= 15 is 0 Å². The molecule has 0 spiro atoms. The minimum absolute atomic E-state index is 0.841. The fourth-order valence-corrected chi connectivity index (χ4v) is 2.47. The lowest BCUT2D eigenvalue weighted by atomic mass is 9.93. The summed E-state index contributed by atoms with van der Waals surface area (Å²) in [6, 6.07) is 0. The summed E-state index contributed by atoms with van der Waals surface area (Å²) in [5, 5.41) is 3.48. The molecule has 0 saturated carbocycles. The van der Waals surface area contributed by atoms with E-state index in [0.29, 0.717) is 0 Å². The monoisotopic (exact) mass is 191 g/mol. The van der Waals surface area contributed by atoms with Gasteiger partial charge in [-0.15, -0.1) is 0 Å². The zero-order valence-electron chi connectivity index (χ0n) is 9.34. The van der Waals surface area contributed by atoms with E-state index in [9.17, 15) is 0 Å². The van der Waals surface area contributed by atoms with Crippen LogP contribution in [0.1, 0.15) is 39.5 Å². The van der Waals surface area contributed by atoms with Crippen molar-refractivity contribution in [3.8, 4) is 0 Å². The number of dihydropyridines is 1. The molecule has 1 heterocycles. The van der Waals surface area contributed by atoms with Crippen LogP contribution in [0, 0.1) is 11.8 Å². The third-order valence-electron chi connectivity index (χ3n) is 3.36. The topological polar surface area (TPSA) is 12.0 Å². The predicted molar refractivity (Wildman–Crippen MR) is 61.0 cm³/mol. The summed E-state index contributed by atoms with van der Waals surface area (Å²) in [5.41, 5.74) is 3.02. The quantitative estimate of drug-likeness (QED) is 0.620. The average Bonchev–Trinajstić information content (AvgIpc) is 2.18. The molecular formula is C13H21N. The number of allylic oxidation sites excluding steroid dienone is 3. The molecule has 0 aromatic carbocycles. The minimum Gasteiger partial charge on any atom is -0.385 e. The zero-order chi connectivity index (χ0) is 9.97. The molecule has 78 valence electrons. The molecule has 2 aliphatic rings. The lowest BCUT2D eigenvalue weighted by Gasteiger charge is -2.17. The molecular weight excluding hydrogens is 170 g/mol. The number of hydrogen-bond acceptors (Lipinski definition) is 1. The first kappa shape index (κ1) is 9.82. The Morgan fingerprint density at radius 2 is 1.86 bits per heavy atom. The van der Waals surface area contributed by atoms with Gasteiger partial charge in [0.15, 0.2) is 0 Å². The lowest BCUT2D eigenvalue weighted by molar-refractivity contribution is 0.430. The molecule has 0 amide bonds. The maximum atomic E-state index is 3.48. The van der Waals surface area contributed by atoms with Gasteiger partial charge < -0.3 is 5.32 Å². The van der Waals surface area contributed by atoms with Crippen molar-refractivity contribution < 1.29 is 0 Å². The van der Waals surface area contributed by atoms with Crippen LogP contribution in [0.2, 0.25) is 0 Å². The Kier molecular flexibility index (Phi) is 2.95. The third-order valence-corrected chi connectivity index (χ3v) is 3.36. The Hall–Kier alpha value is -0.720. The second-order valence-corrected chi connectivity index (χ2v) is 5.03. The van der Waals surface area contributed by atoms with Gasteiger partial charge in [0.1, 0.15) is 0 Å². The minimum atomic E-state index is 0.841. The summed E-state index contributed by atoms with van der Waals surface area (Å²) < 4.78 is 0. The van der Waals surface area contributed by atoms with Gasteiger partial charge in [-0.05, 0) is 36.3 Å². The molecule has 0 fully saturated rings. The maximum absolute atomic E-state index is 3.48. The Morgan fingerprint density at radius 3 is 2.64 bits per heavy atom. The highest BCUT2D eigenvalue weighted by Crippen LogP contribution is 2.27. The van der Waals surface area contributed by atoms with Crippen LogP contribution in [0.4, 0.5) is 0 Å². The highest BCUT2D eigenvalue weighted by Gasteiger charge is 2.15. The molecule has 1 aliphatic carbocycles. The predicted octanol–water partition coefficient (Wildman–Crippen LogP) is 3.25. The van der Waals surface area contributed by atoms with E-state index in [-0.39, 0.29) is 0 Å². The van der Waals surface area contributed by atoms with Gasteiger partial charge in [-0.25, -0.2) is 0 Å². The van der Waals surface area contributed by atoms with Gasteiger partial charge in [-0.2, -0.15) is 0 Å². The van der Waals surface area contributed by atoms with Gasteiger partial charge in [0, 0.05) is 12.2 Å². The van der Waals surface area contributed by atoms with Gasteiger partial charge in [0.05, 0.1) is 0 Å². The molecule has 2 unspecified atom stereocenters. The first-order chi connectivity index (χ1) is 6.74. The fourth-order valence-electron chi connectivity index (χ4n) is 2.47. The van der Waals surface area contributed by atoms with Crippen LogP contribution in [0.5, 0.6) is 0 Å². The van der Waals surface area contributed by atoms with Crippen LogP contribution < -0.4 is 5.32 Å². The normalized spacial score (nSPS) is 33.0. The summed E-state index contributed by atoms with van der Waals surface area (Å²) in [5.74, 6) is 1.70. The zero-order valence-corrected chi connectivity index (χ0v) is 9.34. The summed E-state index contributed by atoms with van der Waals surface area (Å²) >= 11 is 0. The molecule has 1 aliphatic heterocycles. The average molecular weight is 191 g/mol. The van der Waals surface area contributed by atoms with Crippen molar-refractivity contribution in [2.75, 3.05) is 6.54 Å². The molecule has 0 radical (unpaired) electrons. The van der Waals surface area contributed by atoms with Crippen molar-refractivity contribution in [1.82, 2.24) is 5.32 Å². The molecule has 0 aromatic heterocycles. The van der Waals surface area contributed by atoms with Gasteiger partial charge in [0.2, 0.25) is 0 Å².